The van der Waals surface area contributed by atoms with Crippen molar-refractivity contribution in [3.8, 4) is 5.75 Å². The second-order valence-corrected chi connectivity index (χ2v) is 8.41. The predicted octanol–water partition coefficient (Wildman–Crippen LogP) is 3.66. The fourth-order valence-electron chi connectivity index (χ4n) is 2.83. The Kier molecular flexibility index (Phi) is 8.27. The maximum Gasteiger partial charge on any atom is 0.251 e. The summed E-state index contributed by atoms with van der Waals surface area (Å²) in [4.78, 5) is 16.6. The monoisotopic (exact) mass is 410 g/mol. The Hall–Kier alpha value is -3.02. The molecule has 0 saturated carbocycles. The molecule has 6 nitrogen and oxygen atoms in total. The van der Waals surface area contributed by atoms with Crippen molar-refractivity contribution in [2.45, 2.75) is 52.8 Å². The minimum absolute atomic E-state index is 0.0194. The molecule has 0 radical (unpaired) electrons. The Morgan fingerprint density at radius 2 is 1.83 bits per heavy atom. The molecule has 0 saturated heterocycles. The first kappa shape index (κ1) is 23.3. The lowest BCUT2D eigenvalue weighted by Gasteiger charge is -2.21. The topological polar surface area (TPSA) is 74.8 Å². The third-order valence-electron chi connectivity index (χ3n) is 4.34. The number of para-hydroxylation sites is 1. The summed E-state index contributed by atoms with van der Waals surface area (Å²) in [5.74, 6) is 1.49. The fraction of sp³-hybridized carbons (Fsp3) is 0.417. The Morgan fingerprint density at radius 1 is 1.10 bits per heavy atom. The Bertz CT molecular complexity index is 872. The summed E-state index contributed by atoms with van der Waals surface area (Å²) in [5.41, 5.74) is 2.49. The van der Waals surface area contributed by atoms with Crippen LogP contribution in [-0.2, 0) is 6.54 Å². The van der Waals surface area contributed by atoms with Gasteiger partial charge in [-0.3, -0.25) is 9.79 Å². The highest BCUT2D eigenvalue weighted by atomic mass is 16.5. The van der Waals surface area contributed by atoms with Gasteiger partial charge in [0, 0.05) is 24.7 Å². The van der Waals surface area contributed by atoms with E-state index in [2.05, 4.69) is 20.9 Å². The molecular formula is C24H34N4O2. The molecule has 0 aliphatic carbocycles. The largest absolute Gasteiger partial charge is 0.489 e. The number of aliphatic imine (C=N–C) groups is 1. The van der Waals surface area contributed by atoms with E-state index in [4.69, 9.17) is 4.74 Å². The van der Waals surface area contributed by atoms with Crippen molar-refractivity contribution in [1.29, 1.82) is 0 Å². The first-order valence-electron chi connectivity index (χ1n) is 10.3. The summed E-state index contributed by atoms with van der Waals surface area (Å²) in [6.07, 6.45) is -0.0194. The lowest BCUT2D eigenvalue weighted by Crippen LogP contribution is -2.41. The number of guanidine groups is 1. The number of hydrogen-bond acceptors (Lipinski definition) is 3. The minimum atomic E-state index is -0.269. The number of nitrogens with zero attached hydrogens (tertiary/aromatic N) is 1. The quantitative estimate of drug-likeness (QED) is 0.481. The summed E-state index contributed by atoms with van der Waals surface area (Å²) in [6, 6.07) is 15.6. The third-order valence-corrected chi connectivity index (χ3v) is 4.34. The van der Waals surface area contributed by atoms with Gasteiger partial charge in [-0.2, -0.15) is 0 Å². The number of hydrogen-bond donors (Lipinski definition) is 3. The lowest BCUT2D eigenvalue weighted by atomic mass is 10.1. The fourth-order valence-corrected chi connectivity index (χ4v) is 2.83. The number of benzene rings is 2. The zero-order chi connectivity index (χ0) is 22.1. The van der Waals surface area contributed by atoms with Crippen LogP contribution < -0.4 is 20.7 Å². The van der Waals surface area contributed by atoms with Crippen molar-refractivity contribution in [1.82, 2.24) is 16.0 Å². The van der Waals surface area contributed by atoms with Crippen LogP contribution in [0.5, 0.6) is 5.75 Å². The van der Waals surface area contributed by atoms with Crippen LogP contribution in [0.4, 0.5) is 0 Å². The maximum absolute atomic E-state index is 12.4. The predicted molar refractivity (Wildman–Crippen MR) is 123 cm³/mol. The molecule has 162 valence electrons. The average Bonchev–Trinajstić information content (AvgIpc) is 2.69. The van der Waals surface area contributed by atoms with Crippen molar-refractivity contribution < 1.29 is 9.53 Å². The number of ether oxygens (including phenoxy) is 1. The molecule has 1 atom stereocenters. The van der Waals surface area contributed by atoms with Gasteiger partial charge < -0.3 is 20.7 Å². The van der Waals surface area contributed by atoms with Crippen LogP contribution >= 0.6 is 0 Å². The van der Waals surface area contributed by atoms with Crippen LogP contribution in [0.15, 0.2) is 53.5 Å². The molecule has 3 N–H and O–H groups in total. The van der Waals surface area contributed by atoms with Crippen molar-refractivity contribution in [2.24, 2.45) is 4.99 Å². The molecule has 2 aromatic carbocycles. The van der Waals surface area contributed by atoms with Gasteiger partial charge in [-0.05, 0) is 63.9 Å². The smallest absolute Gasteiger partial charge is 0.251 e. The highest BCUT2D eigenvalue weighted by molar-refractivity contribution is 5.94. The molecule has 1 unspecified atom stereocenters. The zero-order valence-corrected chi connectivity index (χ0v) is 18.9. The highest BCUT2D eigenvalue weighted by Crippen LogP contribution is 2.17. The van der Waals surface area contributed by atoms with Crippen LogP contribution in [0, 0.1) is 6.92 Å². The second kappa shape index (κ2) is 10.7. The minimum Gasteiger partial charge on any atom is -0.489 e. The summed E-state index contributed by atoms with van der Waals surface area (Å²) < 4.78 is 5.99. The van der Waals surface area contributed by atoms with Gasteiger partial charge in [0.25, 0.3) is 5.91 Å². The molecule has 0 fully saturated rings. The first-order chi connectivity index (χ1) is 14.2. The molecule has 0 heterocycles. The summed E-state index contributed by atoms with van der Waals surface area (Å²) in [7, 11) is 1.73. The molecule has 2 rings (SSSR count). The number of nitrogens with one attached hydrogen (secondary N) is 3. The zero-order valence-electron chi connectivity index (χ0n) is 18.9. The Morgan fingerprint density at radius 3 is 2.50 bits per heavy atom. The van der Waals surface area contributed by atoms with Gasteiger partial charge in [-0.15, -0.1) is 0 Å². The highest BCUT2D eigenvalue weighted by Gasteiger charge is 2.15. The molecule has 0 aliphatic heterocycles. The molecule has 1 amide bonds. The van der Waals surface area contributed by atoms with Crippen LogP contribution in [0.2, 0.25) is 0 Å². The van der Waals surface area contributed by atoms with E-state index in [0.717, 1.165) is 16.9 Å². The van der Waals surface area contributed by atoms with Gasteiger partial charge in [-0.1, -0.05) is 30.3 Å². The van der Waals surface area contributed by atoms with E-state index < -0.39 is 0 Å². The van der Waals surface area contributed by atoms with Crippen LogP contribution in [0.1, 0.15) is 49.2 Å². The standard InChI is InChI=1S/C24H34N4O2/c1-17-10-7-8-13-21(17)30-18(2)15-26-23(25-6)27-16-19-11-9-12-20(14-19)22(29)28-24(3,4)5/h7-14,18H,15-16H2,1-6H3,(H,28,29)(H2,25,26,27). The van der Waals surface area contributed by atoms with E-state index in [1.807, 2.05) is 83.1 Å². The van der Waals surface area contributed by atoms with Crippen LogP contribution in [0.3, 0.4) is 0 Å². The SMILES string of the molecule is CN=C(NCc1cccc(C(=O)NC(C)(C)C)c1)NCC(C)Oc1ccccc1C. The van der Waals surface area contributed by atoms with E-state index in [1.54, 1.807) is 7.05 Å². The Balaban J connectivity index is 1.86. The summed E-state index contributed by atoms with van der Waals surface area (Å²) in [6.45, 7) is 11.1. The number of carbonyl (C=O) groups is 1. The third kappa shape index (κ3) is 7.78. The number of carbonyl (C=O) groups excluding carboxylic acids is 1. The van der Waals surface area contributed by atoms with Crippen molar-refractivity contribution in [3.05, 3.63) is 65.2 Å². The van der Waals surface area contributed by atoms with Gasteiger partial charge in [0.15, 0.2) is 5.96 Å². The van der Waals surface area contributed by atoms with Crippen LogP contribution in [0.25, 0.3) is 0 Å². The van der Waals surface area contributed by atoms with Crippen molar-refractivity contribution in [3.63, 3.8) is 0 Å². The number of rotatable bonds is 7. The van der Waals surface area contributed by atoms with Gasteiger partial charge in [-0.25, -0.2) is 0 Å². The van der Waals surface area contributed by atoms with Gasteiger partial charge >= 0.3 is 0 Å². The van der Waals surface area contributed by atoms with Gasteiger partial charge in [0.1, 0.15) is 11.9 Å². The van der Waals surface area contributed by atoms with E-state index in [-0.39, 0.29) is 17.6 Å². The maximum atomic E-state index is 12.4. The number of aryl methyl sites for hydroxylation is 1. The molecule has 0 bridgehead atoms. The van der Waals surface area contributed by atoms with E-state index in [9.17, 15) is 4.79 Å². The van der Waals surface area contributed by atoms with E-state index in [1.165, 1.54) is 0 Å². The normalized spacial score (nSPS) is 12.8. The van der Waals surface area contributed by atoms with E-state index in [0.29, 0.717) is 24.6 Å². The first-order valence-corrected chi connectivity index (χ1v) is 10.3. The molecule has 0 aromatic heterocycles. The molecule has 0 spiro atoms. The molecular weight excluding hydrogens is 376 g/mol. The van der Waals surface area contributed by atoms with Crippen molar-refractivity contribution in [2.75, 3.05) is 13.6 Å². The molecule has 30 heavy (non-hydrogen) atoms. The summed E-state index contributed by atoms with van der Waals surface area (Å²) >= 11 is 0. The van der Waals surface area contributed by atoms with Gasteiger partial charge in [0.05, 0.1) is 6.54 Å². The Labute approximate surface area is 180 Å². The van der Waals surface area contributed by atoms with Crippen molar-refractivity contribution >= 4 is 11.9 Å². The number of amides is 1. The molecule has 2 aromatic rings. The molecule has 0 aliphatic rings. The van der Waals surface area contributed by atoms with E-state index >= 15 is 0 Å². The lowest BCUT2D eigenvalue weighted by molar-refractivity contribution is 0.0919. The molecule has 6 heteroatoms. The average molecular weight is 411 g/mol. The van der Waals surface area contributed by atoms with Crippen LogP contribution in [-0.4, -0.2) is 37.1 Å². The summed E-state index contributed by atoms with van der Waals surface area (Å²) in [5, 5.41) is 9.55. The second-order valence-electron chi connectivity index (χ2n) is 8.41. The van der Waals surface area contributed by atoms with Gasteiger partial charge in [0.2, 0.25) is 0 Å².